The van der Waals surface area contributed by atoms with E-state index in [9.17, 15) is 28.0 Å². The van der Waals surface area contributed by atoms with E-state index in [1.165, 1.54) is 20.0 Å². The summed E-state index contributed by atoms with van der Waals surface area (Å²) in [7, 11) is 0. The predicted molar refractivity (Wildman–Crippen MR) is 136 cm³/mol. The van der Waals surface area contributed by atoms with Crippen LogP contribution in [-0.2, 0) is 27.3 Å². The van der Waals surface area contributed by atoms with Crippen LogP contribution in [0.3, 0.4) is 0 Å². The van der Waals surface area contributed by atoms with Gasteiger partial charge >= 0.3 is 5.92 Å². The lowest BCUT2D eigenvalue weighted by atomic mass is 9.95. The van der Waals surface area contributed by atoms with Crippen molar-refractivity contribution in [3.05, 3.63) is 77.0 Å². The van der Waals surface area contributed by atoms with E-state index in [0.717, 1.165) is 10.8 Å². The molecule has 38 heavy (non-hydrogen) atoms. The molecule has 1 atom stereocenters. The lowest BCUT2D eigenvalue weighted by Crippen LogP contribution is -2.57. The number of nitrogens with one attached hydrogen (secondary N) is 2. The summed E-state index contributed by atoms with van der Waals surface area (Å²) in [5.41, 5.74) is 5.85. The van der Waals surface area contributed by atoms with Crippen LogP contribution in [0.4, 0.5) is 14.5 Å². The second-order valence-corrected chi connectivity index (χ2v) is 8.85. The third-order valence-corrected chi connectivity index (χ3v) is 5.66. The zero-order chi connectivity index (χ0) is 27.9. The van der Waals surface area contributed by atoms with E-state index in [2.05, 4.69) is 15.3 Å². The highest BCUT2D eigenvalue weighted by molar-refractivity contribution is 6.10. The Morgan fingerprint density at radius 1 is 1.05 bits per heavy atom. The third-order valence-electron chi connectivity index (χ3n) is 5.66. The largest absolute Gasteiger partial charge is 0.393 e. The van der Waals surface area contributed by atoms with E-state index in [0.29, 0.717) is 11.3 Å². The molecular formula is C26H28F2N6O4. The molecule has 0 aliphatic rings. The number of carbonyl (C=O) groups excluding carboxylic acids is 3. The molecule has 0 fully saturated rings. The number of hydrogen-bond acceptors (Lipinski definition) is 7. The van der Waals surface area contributed by atoms with E-state index < -0.39 is 47.6 Å². The maximum absolute atomic E-state index is 14.8. The first-order chi connectivity index (χ1) is 18.0. The van der Waals surface area contributed by atoms with Crippen LogP contribution in [0, 0.1) is 5.92 Å². The minimum atomic E-state index is -4.41. The number of rotatable bonds is 11. The fraction of sp³-hybridized carbons (Fsp3) is 0.308. The maximum atomic E-state index is 14.8. The zero-order valence-electron chi connectivity index (χ0n) is 20.9. The average molecular weight is 527 g/mol. The third kappa shape index (κ3) is 6.64. The first-order valence-electron chi connectivity index (χ1n) is 11.8. The highest BCUT2D eigenvalue weighted by Crippen LogP contribution is 2.21. The summed E-state index contributed by atoms with van der Waals surface area (Å²) < 4.78 is 30.6. The van der Waals surface area contributed by atoms with Crippen molar-refractivity contribution in [2.75, 3.05) is 12.3 Å². The normalized spacial score (nSPS) is 12.1. The molecule has 2 aromatic heterocycles. The van der Waals surface area contributed by atoms with Crippen molar-refractivity contribution in [2.24, 2.45) is 5.92 Å². The molecule has 3 rings (SSSR count). The van der Waals surface area contributed by atoms with E-state index in [1.54, 1.807) is 48.5 Å². The number of nitrogens with two attached hydrogens (primary N) is 1. The Labute approximate surface area is 217 Å². The van der Waals surface area contributed by atoms with Gasteiger partial charge in [0.25, 0.3) is 11.5 Å². The summed E-state index contributed by atoms with van der Waals surface area (Å²) in [6, 6.07) is 11.9. The Morgan fingerprint density at radius 2 is 1.74 bits per heavy atom. The van der Waals surface area contributed by atoms with Crippen LogP contribution in [0.25, 0.3) is 11.4 Å². The topological polar surface area (TPSA) is 149 Å². The number of halogens is 2. The van der Waals surface area contributed by atoms with Gasteiger partial charge < -0.3 is 16.4 Å². The summed E-state index contributed by atoms with van der Waals surface area (Å²) in [6.45, 7) is 2.09. The molecule has 200 valence electrons. The van der Waals surface area contributed by atoms with Crippen molar-refractivity contribution in [1.29, 1.82) is 0 Å². The summed E-state index contributed by atoms with van der Waals surface area (Å²) in [6.07, 6.45) is 2.88. The van der Waals surface area contributed by atoms with Gasteiger partial charge in [-0.25, -0.2) is 4.98 Å². The fourth-order valence-electron chi connectivity index (χ4n) is 3.64. The van der Waals surface area contributed by atoms with Crippen LogP contribution >= 0.6 is 0 Å². The number of nitrogen functional groups attached to an aromatic ring is 1. The van der Waals surface area contributed by atoms with Crippen molar-refractivity contribution in [3.8, 4) is 11.4 Å². The van der Waals surface area contributed by atoms with Gasteiger partial charge in [-0.3, -0.25) is 28.7 Å². The first-order valence-corrected chi connectivity index (χ1v) is 11.8. The molecule has 4 N–H and O–H groups in total. The van der Waals surface area contributed by atoms with Gasteiger partial charge in [0.15, 0.2) is 0 Å². The number of anilines is 1. The van der Waals surface area contributed by atoms with Gasteiger partial charge in [-0.05, 0) is 18.1 Å². The van der Waals surface area contributed by atoms with Crippen LogP contribution in [0.15, 0.2) is 65.7 Å². The lowest BCUT2D eigenvalue weighted by molar-refractivity contribution is -0.161. The number of pyridine rings is 1. The molecule has 0 aliphatic carbocycles. The van der Waals surface area contributed by atoms with Gasteiger partial charge in [0.1, 0.15) is 18.1 Å². The van der Waals surface area contributed by atoms with Crippen molar-refractivity contribution in [2.45, 2.75) is 38.8 Å². The second kappa shape index (κ2) is 12.2. The van der Waals surface area contributed by atoms with Gasteiger partial charge in [0.05, 0.1) is 12.2 Å². The highest BCUT2D eigenvalue weighted by atomic mass is 19.3. The number of aromatic nitrogens is 3. The number of Topliss-reactive ketones (excluding diaryl/α,β-unsaturated/α-hetero) is 1. The van der Waals surface area contributed by atoms with E-state index in [4.69, 9.17) is 5.73 Å². The number of ketones is 1. The fourth-order valence-corrected chi connectivity index (χ4v) is 3.64. The molecule has 2 heterocycles. The van der Waals surface area contributed by atoms with Crippen LogP contribution in [-0.4, -0.2) is 50.6 Å². The van der Waals surface area contributed by atoms with Crippen molar-refractivity contribution >= 4 is 23.3 Å². The van der Waals surface area contributed by atoms with Crippen LogP contribution in [0.5, 0.6) is 0 Å². The van der Waals surface area contributed by atoms with Gasteiger partial charge in [0.2, 0.25) is 11.7 Å². The summed E-state index contributed by atoms with van der Waals surface area (Å²) in [5.74, 6) is -9.52. The van der Waals surface area contributed by atoms with Gasteiger partial charge in [0, 0.05) is 30.4 Å². The molecule has 1 unspecified atom stereocenters. The Kier molecular flexibility index (Phi) is 9.00. The molecular weight excluding hydrogens is 498 g/mol. The molecule has 12 heteroatoms. The summed E-state index contributed by atoms with van der Waals surface area (Å²) in [5, 5.41) is 4.29. The Bertz CT molecular complexity index is 1350. The number of amides is 2. The van der Waals surface area contributed by atoms with Crippen molar-refractivity contribution < 1.29 is 23.2 Å². The van der Waals surface area contributed by atoms with Crippen LogP contribution in [0.1, 0.15) is 19.5 Å². The van der Waals surface area contributed by atoms with Gasteiger partial charge in [-0.2, -0.15) is 8.78 Å². The van der Waals surface area contributed by atoms with E-state index >= 15 is 0 Å². The summed E-state index contributed by atoms with van der Waals surface area (Å²) >= 11 is 0. The molecule has 2 amide bonds. The Morgan fingerprint density at radius 3 is 2.37 bits per heavy atom. The van der Waals surface area contributed by atoms with E-state index in [1.807, 2.05) is 5.32 Å². The molecule has 0 bridgehead atoms. The Balaban J connectivity index is 1.73. The number of benzene rings is 1. The van der Waals surface area contributed by atoms with Crippen LogP contribution < -0.4 is 21.9 Å². The molecule has 0 spiro atoms. The van der Waals surface area contributed by atoms with E-state index in [-0.39, 0.29) is 24.5 Å². The smallest absolute Gasteiger partial charge is 0.383 e. The monoisotopic (exact) mass is 526 g/mol. The SMILES string of the molecule is CC(C)C(NC(=O)Cn1c(-c2ccccc2)ncc(N)c1=O)C(=O)C(F)(F)C(=O)NCCc1ccccn1. The average Bonchev–Trinajstić information content (AvgIpc) is 2.90. The molecule has 3 aromatic rings. The number of nitrogens with zero attached hydrogens (tertiary/aromatic N) is 3. The Hall–Kier alpha value is -4.48. The number of carbonyl (C=O) groups is 3. The zero-order valence-corrected chi connectivity index (χ0v) is 20.9. The van der Waals surface area contributed by atoms with Gasteiger partial charge in [-0.1, -0.05) is 50.2 Å². The van der Waals surface area contributed by atoms with Gasteiger partial charge in [-0.15, -0.1) is 0 Å². The lowest BCUT2D eigenvalue weighted by Gasteiger charge is -2.25. The van der Waals surface area contributed by atoms with Crippen molar-refractivity contribution in [3.63, 3.8) is 0 Å². The standard InChI is InChI=1S/C26H28F2N6O4/c1-16(2)21(22(36)26(27,28)25(38)31-13-11-18-10-6-7-12-30-18)33-20(35)15-34-23(17-8-4-3-5-9-17)32-14-19(29)24(34)37/h3-10,12,14,16,21H,11,13,15,29H2,1-2H3,(H,31,38)(H,33,35). The van der Waals surface area contributed by atoms with Crippen molar-refractivity contribution in [1.82, 2.24) is 25.2 Å². The molecule has 0 radical (unpaired) electrons. The van der Waals surface area contributed by atoms with Crippen LogP contribution in [0.2, 0.25) is 0 Å². The molecule has 10 nitrogen and oxygen atoms in total. The number of alkyl halides is 2. The highest BCUT2D eigenvalue weighted by Gasteiger charge is 2.51. The molecule has 0 aliphatic heterocycles. The molecule has 0 saturated heterocycles. The minimum Gasteiger partial charge on any atom is -0.393 e. The quantitative estimate of drug-likeness (QED) is 0.321. The second-order valence-electron chi connectivity index (χ2n) is 8.85. The number of hydrogen-bond donors (Lipinski definition) is 3. The molecule has 1 aromatic carbocycles. The predicted octanol–water partition coefficient (Wildman–Crippen LogP) is 1.59. The molecule has 0 saturated carbocycles. The first kappa shape index (κ1) is 28.1. The minimum absolute atomic E-state index is 0.130. The summed E-state index contributed by atoms with van der Waals surface area (Å²) in [4.78, 5) is 58.7. The maximum Gasteiger partial charge on any atom is 0.383 e.